The second kappa shape index (κ2) is 5.58. The molecule has 2 fully saturated rings. The van der Waals surface area contributed by atoms with Crippen molar-refractivity contribution in [2.45, 2.75) is 43.1 Å². The molecular weight excluding hydrogens is 268 g/mol. The molecule has 2 aliphatic heterocycles. The zero-order valence-corrected chi connectivity index (χ0v) is 11.8. The molecule has 108 valence electrons. The summed E-state index contributed by atoms with van der Waals surface area (Å²) < 4.78 is 0.0483. The molecule has 19 heavy (non-hydrogen) atoms. The number of aliphatic hydroxyl groups excluding tert-OH is 1. The van der Waals surface area contributed by atoms with Gasteiger partial charge in [0.15, 0.2) is 0 Å². The Balaban J connectivity index is 1.90. The minimum Gasteiger partial charge on any atom is -0.480 e. The first kappa shape index (κ1) is 14.5. The molecule has 6 nitrogen and oxygen atoms in total. The number of hydrogen-bond donors (Lipinski definition) is 3. The predicted octanol–water partition coefficient (Wildman–Crippen LogP) is 0.501. The van der Waals surface area contributed by atoms with Crippen molar-refractivity contribution < 1.29 is 19.8 Å². The quantitative estimate of drug-likeness (QED) is 0.703. The van der Waals surface area contributed by atoms with Crippen molar-refractivity contribution in [1.29, 1.82) is 0 Å². The van der Waals surface area contributed by atoms with Crippen molar-refractivity contribution in [3.05, 3.63) is 0 Å². The van der Waals surface area contributed by atoms with E-state index in [-0.39, 0.29) is 17.7 Å². The van der Waals surface area contributed by atoms with Gasteiger partial charge in [-0.2, -0.15) is 11.8 Å². The van der Waals surface area contributed by atoms with Gasteiger partial charge in [0.2, 0.25) is 0 Å². The number of aliphatic hydroxyl groups is 1. The summed E-state index contributed by atoms with van der Waals surface area (Å²) in [4.78, 5) is 24.3. The second-order valence-corrected chi connectivity index (χ2v) is 7.14. The van der Waals surface area contributed by atoms with Gasteiger partial charge in [0, 0.05) is 24.3 Å². The lowest BCUT2D eigenvalue weighted by Crippen LogP contribution is -2.49. The summed E-state index contributed by atoms with van der Waals surface area (Å²) in [6, 6.07) is -1.31. The van der Waals surface area contributed by atoms with Crippen molar-refractivity contribution in [3.8, 4) is 0 Å². The van der Waals surface area contributed by atoms with Crippen LogP contribution in [-0.4, -0.2) is 62.8 Å². The fraction of sp³-hybridized carbons (Fsp3) is 0.833. The fourth-order valence-electron chi connectivity index (χ4n) is 2.61. The van der Waals surface area contributed by atoms with Crippen molar-refractivity contribution in [1.82, 2.24) is 10.2 Å². The summed E-state index contributed by atoms with van der Waals surface area (Å²) in [5.74, 6) is 0.0418. The van der Waals surface area contributed by atoms with Crippen LogP contribution in [-0.2, 0) is 4.79 Å². The van der Waals surface area contributed by atoms with E-state index in [4.69, 9.17) is 5.11 Å². The summed E-state index contributed by atoms with van der Waals surface area (Å²) in [5, 5.41) is 21.4. The number of nitrogens with one attached hydrogen (secondary N) is 1. The third-order valence-corrected chi connectivity index (χ3v) is 5.28. The molecule has 2 aliphatic rings. The van der Waals surface area contributed by atoms with Gasteiger partial charge >= 0.3 is 12.0 Å². The molecule has 0 aromatic carbocycles. The number of carboxylic acid groups (broad SMARTS) is 1. The third-order valence-electron chi connectivity index (χ3n) is 3.74. The Morgan fingerprint density at radius 3 is 2.84 bits per heavy atom. The lowest BCUT2D eigenvalue weighted by atomic mass is 10.1. The molecule has 3 atom stereocenters. The predicted molar refractivity (Wildman–Crippen MR) is 72.2 cm³/mol. The number of rotatable bonds is 3. The first-order valence-corrected chi connectivity index (χ1v) is 7.49. The largest absolute Gasteiger partial charge is 0.480 e. The van der Waals surface area contributed by atoms with Crippen LogP contribution in [0.4, 0.5) is 4.79 Å². The Labute approximate surface area is 116 Å². The van der Waals surface area contributed by atoms with E-state index in [1.165, 1.54) is 4.90 Å². The molecule has 0 spiro atoms. The lowest BCUT2D eigenvalue weighted by molar-refractivity contribution is -0.141. The van der Waals surface area contributed by atoms with Gasteiger partial charge in [0.1, 0.15) is 6.04 Å². The molecule has 0 aromatic heterocycles. The van der Waals surface area contributed by atoms with Gasteiger partial charge in [0.25, 0.3) is 0 Å². The van der Waals surface area contributed by atoms with Gasteiger partial charge in [-0.3, -0.25) is 0 Å². The highest BCUT2D eigenvalue weighted by Crippen LogP contribution is 2.37. The van der Waals surface area contributed by atoms with Crippen LogP contribution < -0.4 is 5.32 Å². The van der Waals surface area contributed by atoms with Crippen LogP contribution in [0.5, 0.6) is 0 Å². The highest BCUT2D eigenvalue weighted by atomic mass is 32.2. The van der Waals surface area contributed by atoms with E-state index in [0.717, 1.165) is 18.6 Å². The Morgan fingerprint density at radius 1 is 1.53 bits per heavy atom. The van der Waals surface area contributed by atoms with Crippen LogP contribution >= 0.6 is 11.8 Å². The number of likely N-dealkylation sites (tertiary alicyclic amines) is 1. The third kappa shape index (κ3) is 3.33. The number of carbonyl (C=O) groups excluding carboxylic acids is 1. The minimum atomic E-state index is -1.06. The summed E-state index contributed by atoms with van der Waals surface area (Å²) in [6.07, 6.45) is 1.57. The van der Waals surface area contributed by atoms with Gasteiger partial charge in [-0.1, -0.05) is 0 Å². The van der Waals surface area contributed by atoms with E-state index in [2.05, 4.69) is 12.2 Å². The van der Waals surface area contributed by atoms with Gasteiger partial charge < -0.3 is 20.4 Å². The van der Waals surface area contributed by atoms with E-state index in [1.807, 2.05) is 11.8 Å². The smallest absolute Gasteiger partial charge is 0.326 e. The maximum Gasteiger partial charge on any atom is 0.326 e. The molecule has 2 saturated heterocycles. The highest BCUT2D eigenvalue weighted by Gasteiger charge is 2.39. The molecular formula is C12H20N2O4S. The number of aliphatic carboxylic acids is 1. The second-order valence-electron chi connectivity index (χ2n) is 5.46. The van der Waals surface area contributed by atoms with E-state index < -0.39 is 24.1 Å². The average molecular weight is 288 g/mol. The van der Waals surface area contributed by atoms with Crippen molar-refractivity contribution >= 4 is 23.8 Å². The number of urea groups is 1. The molecule has 7 heteroatoms. The number of carbonyl (C=O) groups is 2. The lowest BCUT2D eigenvalue weighted by Gasteiger charge is -2.26. The summed E-state index contributed by atoms with van der Waals surface area (Å²) >= 11 is 1.84. The topological polar surface area (TPSA) is 89.9 Å². The Kier molecular flexibility index (Phi) is 4.25. The van der Waals surface area contributed by atoms with Crippen molar-refractivity contribution in [2.75, 3.05) is 18.8 Å². The molecule has 0 radical (unpaired) electrons. The Bertz CT molecular complexity index is 371. The van der Waals surface area contributed by atoms with Crippen LogP contribution in [0.2, 0.25) is 0 Å². The minimum absolute atomic E-state index is 0.0483. The number of nitrogens with zero attached hydrogens (tertiary/aromatic N) is 1. The molecule has 0 bridgehead atoms. The maximum absolute atomic E-state index is 12.0. The molecule has 2 amide bonds. The van der Waals surface area contributed by atoms with E-state index in [0.29, 0.717) is 6.54 Å². The van der Waals surface area contributed by atoms with Gasteiger partial charge in [-0.25, -0.2) is 9.59 Å². The molecule has 0 saturated carbocycles. The average Bonchev–Trinajstić information content (AvgIpc) is 2.93. The van der Waals surface area contributed by atoms with E-state index in [1.54, 1.807) is 0 Å². The number of thioether (sulfide) groups is 1. The zero-order valence-electron chi connectivity index (χ0n) is 11.0. The molecule has 2 heterocycles. The van der Waals surface area contributed by atoms with Crippen LogP contribution in [0.25, 0.3) is 0 Å². The number of β-amino-alcohol motifs (C(OH)–C–C–N with tert-alkyl or cyclic N) is 1. The number of carboxylic acids is 1. The van der Waals surface area contributed by atoms with Crippen LogP contribution in [0.3, 0.4) is 0 Å². The molecule has 0 aromatic rings. The number of amides is 2. The molecule has 2 rings (SSSR count). The van der Waals surface area contributed by atoms with Crippen LogP contribution in [0, 0.1) is 0 Å². The zero-order chi connectivity index (χ0) is 14.0. The number of hydrogen-bond acceptors (Lipinski definition) is 4. The van der Waals surface area contributed by atoms with Crippen molar-refractivity contribution in [2.24, 2.45) is 0 Å². The van der Waals surface area contributed by atoms with Crippen LogP contribution in [0.1, 0.15) is 26.2 Å². The van der Waals surface area contributed by atoms with Gasteiger partial charge in [0.05, 0.1) is 6.10 Å². The summed E-state index contributed by atoms with van der Waals surface area (Å²) in [5.41, 5.74) is 0. The monoisotopic (exact) mass is 288 g/mol. The first-order valence-electron chi connectivity index (χ1n) is 6.50. The van der Waals surface area contributed by atoms with E-state index >= 15 is 0 Å². The highest BCUT2D eigenvalue weighted by molar-refractivity contribution is 8.00. The molecule has 3 N–H and O–H groups in total. The normalized spacial score (nSPS) is 34.5. The molecule has 1 unspecified atom stereocenters. The SMILES string of the molecule is CC1(CNC(=O)N2C[C@H](O)C[C@H]2C(=O)O)CCCS1. The summed E-state index contributed by atoms with van der Waals surface area (Å²) in [6.45, 7) is 2.74. The van der Waals surface area contributed by atoms with E-state index in [9.17, 15) is 14.7 Å². The fourth-order valence-corrected chi connectivity index (χ4v) is 3.86. The van der Waals surface area contributed by atoms with Crippen molar-refractivity contribution in [3.63, 3.8) is 0 Å². The maximum atomic E-state index is 12.0. The van der Waals surface area contributed by atoms with Gasteiger partial charge in [-0.15, -0.1) is 0 Å². The first-order chi connectivity index (χ1) is 8.91. The Hall–Kier alpha value is -0.950. The standard InChI is InChI=1S/C12H20N2O4S/c1-12(3-2-4-19-12)7-13-11(18)14-6-8(15)5-9(14)10(16)17/h8-9,15H,2-7H2,1H3,(H,13,18)(H,16,17)/t8-,9+,12?/m1/s1. The Morgan fingerprint density at radius 2 is 2.26 bits per heavy atom. The summed E-state index contributed by atoms with van der Waals surface area (Å²) in [7, 11) is 0. The molecule has 0 aliphatic carbocycles. The van der Waals surface area contributed by atoms with Gasteiger partial charge in [-0.05, 0) is 25.5 Å². The van der Waals surface area contributed by atoms with Crippen LogP contribution in [0.15, 0.2) is 0 Å².